The Labute approximate surface area is 122 Å². The molecule has 0 aliphatic rings. The number of nitrogens with two attached hydrogens (primary N) is 1. The van der Waals surface area contributed by atoms with Crippen LogP contribution in [0.3, 0.4) is 0 Å². The van der Waals surface area contributed by atoms with E-state index in [2.05, 4.69) is 21.9 Å². The van der Waals surface area contributed by atoms with Crippen molar-refractivity contribution < 1.29 is 4.39 Å². The Bertz CT molecular complexity index is 570. The van der Waals surface area contributed by atoms with Crippen LogP contribution in [0, 0.1) is 5.82 Å². The number of aromatic nitrogens is 2. The number of hydrogen-bond acceptors (Lipinski definition) is 3. The molecule has 0 amide bonds. The van der Waals surface area contributed by atoms with Crippen molar-refractivity contribution in [2.75, 3.05) is 0 Å². The first-order chi connectivity index (χ1) is 9.67. The van der Waals surface area contributed by atoms with Crippen molar-refractivity contribution in [3.8, 4) is 0 Å². The summed E-state index contributed by atoms with van der Waals surface area (Å²) in [5.74, 6) is 6.05. The lowest BCUT2D eigenvalue weighted by Gasteiger charge is -2.18. The normalized spacial score (nSPS) is 12.6. The molecular formula is C14H18ClFN4. The summed E-state index contributed by atoms with van der Waals surface area (Å²) in [7, 11) is 0. The molecule has 0 saturated carbocycles. The third-order valence-corrected chi connectivity index (χ3v) is 3.61. The van der Waals surface area contributed by atoms with Crippen molar-refractivity contribution in [2.45, 2.75) is 32.4 Å². The number of aryl methyl sites for hydroxylation is 1. The second-order valence-corrected chi connectivity index (χ2v) is 4.98. The number of hydrogen-bond donors (Lipinski definition) is 2. The van der Waals surface area contributed by atoms with Gasteiger partial charge in [0.25, 0.3) is 0 Å². The summed E-state index contributed by atoms with van der Waals surface area (Å²) in [4.78, 5) is 4.33. The topological polar surface area (TPSA) is 55.9 Å². The standard InChI is InChI=1S/C14H18ClFN4/c1-2-7-20-8-6-18-13(20)9-12(19-17)10-4-3-5-11(16)14(10)15/h3-6,8,12,19H,2,7,9,17H2,1H3. The fraction of sp³-hybridized carbons (Fsp3) is 0.357. The van der Waals surface area contributed by atoms with Crippen molar-refractivity contribution in [3.63, 3.8) is 0 Å². The van der Waals surface area contributed by atoms with E-state index in [9.17, 15) is 4.39 Å². The second-order valence-electron chi connectivity index (χ2n) is 4.60. The summed E-state index contributed by atoms with van der Waals surface area (Å²) in [6.07, 6.45) is 5.25. The van der Waals surface area contributed by atoms with Crippen LogP contribution in [0.5, 0.6) is 0 Å². The van der Waals surface area contributed by atoms with Crippen LogP contribution < -0.4 is 11.3 Å². The zero-order valence-corrected chi connectivity index (χ0v) is 12.1. The van der Waals surface area contributed by atoms with E-state index >= 15 is 0 Å². The molecule has 4 nitrogen and oxygen atoms in total. The average Bonchev–Trinajstić information content (AvgIpc) is 2.87. The van der Waals surface area contributed by atoms with Crippen LogP contribution in [-0.4, -0.2) is 9.55 Å². The quantitative estimate of drug-likeness (QED) is 0.636. The third kappa shape index (κ3) is 3.17. The van der Waals surface area contributed by atoms with Crippen LogP contribution in [0.1, 0.15) is 30.8 Å². The van der Waals surface area contributed by atoms with Gasteiger partial charge in [-0.3, -0.25) is 11.3 Å². The molecule has 0 radical (unpaired) electrons. The van der Waals surface area contributed by atoms with Gasteiger partial charge in [0.1, 0.15) is 11.6 Å². The number of nitrogens with one attached hydrogen (secondary N) is 1. The van der Waals surface area contributed by atoms with E-state index < -0.39 is 5.82 Å². The van der Waals surface area contributed by atoms with E-state index in [1.54, 1.807) is 18.3 Å². The molecule has 0 saturated heterocycles. The molecule has 0 aliphatic carbocycles. The fourth-order valence-corrected chi connectivity index (χ4v) is 2.46. The van der Waals surface area contributed by atoms with Crippen molar-refractivity contribution in [3.05, 3.63) is 52.8 Å². The molecule has 1 atom stereocenters. The lowest BCUT2D eigenvalue weighted by Crippen LogP contribution is -2.30. The predicted octanol–water partition coefficient (Wildman–Crippen LogP) is 2.83. The number of hydrazine groups is 1. The van der Waals surface area contributed by atoms with Crippen molar-refractivity contribution in [1.29, 1.82) is 0 Å². The Balaban J connectivity index is 2.24. The molecule has 1 heterocycles. The van der Waals surface area contributed by atoms with E-state index in [-0.39, 0.29) is 11.1 Å². The first kappa shape index (κ1) is 15.0. The van der Waals surface area contributed by atoms with Gasteiger partial charge in [-0.05, 0) is 18.1 Å². The molecule has 108 valence electrons. The molecular weight excluding hydrogens is 279 g/mol. The molecule has 1 aromatic carbocycles. The maximum Gasteiger partial charge on any atom is 0.142 e. The second kappa shape index (κ2) is 6.83. The van der Waals surface area contributed by atoms with Crippen molar-refractivity contribution >= 4 is 11.6 Å². The van der Waals surface area contributed by atoms with Gasteiger partial charge < -0.3 is 4.57 Å². The Morgan fingerprint density at radius 1 is 1.50 bits per heavy atom. The fourth-order valence-electron chi connectivity index (χ4n) is 2.21. The first-order valence-electron chi connectivity index (χ1n) is 6.57. The van der Waals surface area contributed by atoms with Gasteiger partial charge in [-0.25, -0.2) is 9.37 Å². The highest BCUT2D eigenvalue weighted by Crippen LogP contribution is 2.27. The number of imidazole rings is 1. The summed E-state index contributed by atoms with van der Waals surface area (Å²) >= 11 is 6.01. The molecule has 20 heavy (non-hydrogen) atoms. The highest BCUT2D eigenvalue weighted by molar-refractivity contribution is 6.31. The Kier molecular flexibility index (Phi) is 5.11. The molecule has 2 aromatic rings. The van der Waals surface area contributed by atoms with E-state index in [4.69, 9.17) is 17.4 Å². The highest BCUT2D eigenvalue weighted by atomic mass is 35.5. The van der Waals surface area contributed by atoms with Gasteiger partial charge in [0.15, 0.2) is 0 Å². The largest absolute Gasteiger partial charge is 0.335 e. The molecule has 0 aliphatic heterocycles. The summed E-state index contributed by atoms with van der Waals surface area (Å²) in [5, 5.41) is 0.101. The van der Waals surface area contributed by atoms with Crippen LogP contribution in [-0.2, 0) is 13.0 Å². The molecule has 6 heteroatoms. The molecule has 0 fully saturated rings. The van der Waals surface area contributed by atoms with Crippen LogP contribution in [0.15, 0.2) is 30.6 Å². The summed E-state index contributed by atoms with van der Waals surface area (Å²) in [5.41, 5.74) is 3.33. The minimum Gasteiger partial charge on any atom is -0.335 e. The molecule has 0 spiro atoms. The van der Waals surface area contributed by atoms with E-state index in [0.29, 0.717) is 12.0 Å². The van der Waals surface area contributed by atoms with Crippen LogP contribution in [0.2, 0.25) is 5.02 Å². The summed E-state index contributed by atoms with van der Waals surface area (Å²) in [6, 6.07) is 4.44. The third-order valence-electron chi connectivity index (χ3n) is 3.21. The lowest BCUT2D eigenvalue weighted by atomic mass is 10.0. The Morgan fingerprint density at radius 3 is 3.00 bits per heavy atom. The van der Waals surface area contributed by atoms with E-state index in [0.717, 1.165) is 18.8 Å². The smallest absolute Gasteiger partial charge is 0.142 e. The molecule has 2 rings (SSSR count). The highest BCUT2D eigenvalue weighted by Gasteiger charge is 2.18. The van der Waals surface area contributed by atoms with E-state index in [1.165, 1.54) is 6.07 Å². The molecule has 1 aromatic heterocycles. The summed E-state index contributed by atoms with van der Waals surface area (Å²) in [6.45, 7) is 3.00. The van der Waals surface area contributed by atoms with Gasteiger partial charge in [0.05, 0.1) is 11.1 Å². The first-order valence-corrected chi connectivity index (χ1v) is 6.95. The Hall–Kier alpha value is -1.43. The number of nitrogens with zero attached hydrogens (tertiary/aromatic N) is 2. The minimum absolute atomic E-state index is 0.101. The van der Waals surface area contributed by atoms with Gasteiger partial charge in [-0.2, -0.15) is 0 Å². The SMILES string of the molecule is CCCn1ccnc1CC(NN)c1cccc(F)c1Cl. The van der Waals surface area contributed by atoms with Gasteiger partial charge in [0.2, 0.25) is 0 Å². The van der Waals surface area contributed by atoms with Gasteiger partial charge >= 0.3 is 0 Å². The maximum absolute atomic E-state index is 13.5. The maximum atomic E-state index is 13.5. The van der Waals surface area contributed by atoms with Gasteiger partial charge in [-0.1, -0.05) is 30.7 Å². The van der Waals surface area contributed by atoms with Gasteiger partial charge in [-0.15, -0.1) is 0 Å². The number of halogens is 2. The average molecular weight is 297 g/mol. The predicted molar refractivity (Wildman–Crippen MR) is 77.7 cm³/mol. The number of rotatable bonds is 6. The van der Waals surface area contributed by atoms with Crippen LogP contribution in [0.25, 0.3) is 0 Å². The molecule has 3 N–H and O–H groups in total. The Morgan fingerprint density at radius 2 is 2.30 bits per heavy atom. The van der Waals surface area contributed by atoms with Crippen molar-refractivity contribution in [1.82, 2.24) is 15.0 Å². The minimum atomic E-state index is -0.443. The summed E-state index contributed by atoms with van der Waals surface area (Å²) < 4.78 is 15.6. The zero-order valence-electron chi connectivity index (χ0n) is 11.3. The van der Waals surface area contributed by atoms with E-state index in [1.807, 2.05) is 6.20 Å². The molecule has 1 unspecified atom stereocenters. The monoisotopic (exact) mass is 296 g/mol. The van der Waals surface area contributed by atoms with Crippen molar-refractivity contribution in [2.24, 2.45) is 5.84 Å². The molecule has 0 bridgehead atoms. The van der Waals surface area contributed by atoms with Gasteiger partial charge in [0, 0.05) is 25.4 Å². The van der Waals surface area contributed by atoms with Crippen LogP contribution in [0.4, 0.5) is 4.39 Å². The zero-order chi connectivity index (χ0) is 14.5. The van der Waals surface area contributed by atoms with Crippen LogP contribution >= 0.6 is 11.6 Å². The lowest BCUT2D eigenvalue weighted by molar-refractivity contribution is 0.513. The number of benzene rings is 1.